The normalized spacial score (nSPS) is 13.3. The molecule has 0 atom stereocenters. The Morgan fingerprint density at radius 3 is 1.46 bits per heavy atom. The van der Waals surface area contributed by atoms with E-state index in [1.54, 1.807) is 97.1 Å². The molecule has 69 heavy (non-hydrogen) atoms. The smallest absolute Gasteiger partial charge is 0.662 e. The van der Waals surface area contributed by atoms with Crippen LogP contribution in [-0.4, -0.2) is 72.6 Å². The molecule has 0 aliphatic heterocycles. The largest absolute Gasteiger partial charge is 1.00 e. The van der Waals surface area contributed by atoms with E-state index >= 15 is 4.39 Å². The number of ether oxygens (including phenoxy) is 2. The molecule has 0 spiro atoms. The van der Waals surface area contributed by atoms with Gasteiger partial charge in [-0.15, -0.1) is 3.89 Å². The molecule has 0 amide bonds. The summed E-state index contributed by atoms with van der Waals surface area (Å²) >= 11 is 11.7. The Bertz CT molecular complexity index is 2800. The molecule has 1 radical (unpaired) electrons. The molecule has 8 nitrogen and oxygen atoms in total. The molecule has 6 aromatic carbocycles. The molecule has 0 heterocycles. The molecule has 0 bridgehead atoms. The minimum Gasteiger partial charge on any atom is -0.662 e. The second-order valence-electron chi connectivity index (χ2n) is 14.7. The Morgan fingerprint density at radius 1 is 0.638 bits per heavy atom. The van der Waals surface area contributed by atoms with Crippen LogP contribution in [-0.2, 0) is 30.5 Å². The van der Waals surface area contributed by atoms with Crippen LogP contribution in [0.5, 0.6) is 23.0 Å². The van der Waals surface area contributed by atoms with Gasteiger partial charge in [0, 0.05) is 67.0 Å². The molecular weight excluding hydrogens is 1020 g/mol. The Labute approximate surface area is 492 Å². The molecule has 8 rings (SSSR count). The van der Waals surface area contributed by atoms with Crippen molar-refractivity contribution in [2.75, 3.05) is 0 Å². The third-order valence-corrected chi connectivity index (χ3v) is 10.8. The summed E-state index contributed by atoms with van der Waals surface area (Å²) in [7, 11) is -4.66. The van der Waals surface area contributed by atoms with E-state index in [2.05, 4.69) is 4.89 Å². The van der Waals surface area contributed by atoms with Crippen LogP contribution >= 0.6 is 23.2 Å². The predicted molar refractivity (Wildman–Crippen MR) is 252 cm³/mol. The zero-order valence-corrected chi connectivity index (χ0v) is 45.8. The van der Waals surface area contributed by atoms with E-state index in [1.807, 2.05) is 30.3 Å². The van der Waals surface area contributed by atoms with E-state index in [0.717, 1.165) is 42.9 Å². The summed E-state index contributed by atoms with van der Waals surface area (Å²) in [5.41, 5.74) is 3.59. The van der Waals surface area contributed by atoms with Crippen molar-refractivity contribution in [2.45, 2.75) is 31.4 Å². The van der Waals surface area contributed by atoms with Gasteiger partial charge in [-0.1, -0.05) is 102 Å². The fourth-order valence-corrected chi connectivity index (χ4v) is 7.14. The summed E-state index contributed by atoms with van der Waals surface area (Å²) in [6, 6.07) is 39.4. The van der Waals surface area contributed by atoms with Crippen LogP contribution in [0.15, 0.2) is 163 Å². The first-order valence-corrected chi connectivity index (χ1v) is 22.6. The first kappa shape index (κ1) is 60.0. The van der Waals surface area contributed by atoms with E-state index in [1.165, 1.54) is 24.3 Å². The summed E-state index contributed by atoms with van der Waals surface area (Å²) in [6.07, 6.45) is 7.21. The van der Waals surface area contributed by atoms with E-state index < -0.39 is 33.4 Å². The van der Waals surface area contributed by atoms with Crippen molar-refractivity contribution in [3.05, 3.63) is 207 Å². The standard InChI is InChI=1S/C25H19ClF2O.C13H10F2O3S.C12H10ClFO.CH2O3.2K/c26-20-12-10-19(11-13-20)25(18-8-9-18)23(28)15-7-17-6-14-22(27)24(16-17)29-21-4-2-1-3-5-21;14-12-7-6-10(9-19(15,16)17)8-13(12)18-11-4-2-1-3-5-11;13-10-5-3-9(4-6-10)12(8-1-2-8)11(14)7-15;2-1-4-3;;/h1-7,10-16,18H,8-9H2;1-8H,9H2;3-8H,1-2H2;1,3H;;/q;;;;;+1/p-1. The summed E-state index contributed by atoms with van der Waals surface area (Å²) in [6.45, 7) is -0.181. The molecule has 2 aliphatic rings. The molecule has 0 saturated heterocycles. The number of allylic oxidation sites excluding steroid dienone is 5. The SMILES string of the molecule is FC(C=Cc1ccc(F)c(Oc2ccccc2)c1)=C(c1ccc(Cl)cc1)C1CC1.O=CC(F)=C(c1ccc(Cl)cc1)C1CC1.O=CO[O-].O=S(=O)(F)Cc1ccc(F)c(Oc2ccccc2)c1.[K+].[K]. The average molecular weight is 1060 g/mol. The number of rotatable bonds is 14. The van der Waals surface area contributed by atoms with Crippen LogP contribution in [0.25, 0.3) is 17.2 Å². The van der Waals surface area contributed by atoms with Crippen molar-refractivity contribution < 1.29 is 110 Å². The summed E-state index contributed by atoms with van der Waals surface area (Å²) in [5, 5.41) is 9.66. The number of hydrogen-bond donors (Lipinski definition) is 0. The maximum absolute atomic E-state index is 15.0. The molecule has 0 unspecified atom stereocenters. The molecule has 18 heteroatoms. The Hall–Kier alpha value is -3.31. The molecule has 2 saturated carbocycles. The topological polar surface area (TPSA) is 119 Å². The quantitative estimate of drug-likeness (QED) is 0.0155. The van der Waals surface area contributed by atoms with E-state index in [9.17, 15) is 30.3 Å². The van der Waals surface area contributed by atoms with Gasteiger partial charge in [0.25, 0.3) is 6.47 Å². The number of aldehydes is 1. The number of carbonyl (C=O) groups excluding carboxylic acids is 2. The average Bonchev–Trinajstić information content (AvgIpc) is 4.27. The predicted octanol–water partition coefficient (Wildman–Crippen LogP) is 10.2. The van der Waals surface area contributed by atoms with Gasteiger partial charge in [-0.25, -0.2) is 17.6 Å². The van der Waals surface area contributed by atoms with E-state index in [0.29, 0.717) is 38.3 Å². The van der Waals surface area contributed by atoms with Crippen LogP contribution in [0.2, 0.25) is 10.0 Å². The molecule has 6 aromatic rings. The van der Waals surface area contributed by atoms with Gasteiger partial charge in [0.2, 0.25) is 0 Å². The molecule has 0 aromatic heterocycles. The van der Waals surface area contributed by atoms with Crippen LogP contribution in [0.3, 0.4) is 0 Å². The van der Waals surface area contributed by atoms with Crippen molar-refractivity contribution >= 4 is 115 Å². The van der Waals surface area contributed by atoms with Gasteiger partial charge in [0.15, 0.2) is 35.2 Å². The Balaban J connectivity index is 0.000000274. The van der Waals surface area contributed by atoms with Crippen molar-refractivity contribution in [1.82, 2.24) is 0 Å². The molecule has 2 fully saturated rings. The minimum atomic E-state index is -4.66. The van der Waals surface area contributed by atoms with E-state index in [4.69, 9.17) is 42.7 Å². The van der Waals surface area contributed by atoms with Crippen molar-refractivity contribution in [3.8, 4) is 23.0 Å². The Kier molecular flexibility index (Phi) is 26.6. The van der Waals surface area contributed by atoms with Gasteiger partial charge in [0.05, 0.1) is 0 Å². The summed E-state index contributed by atoms with van der Waals surface area (Å²) in [4.78, 5) is 21.7. The van der Waals surface area contributed by atoms with Gasteiger partial charge in [0.1, 0.15) is 23.1 Å². The maximum Gasteiger partial charge on any atom is 1.00 e. The first-order valence-electron chi connectivity index (χ1n) is 20.3. The van der Waals surface area contributed by atoms with Gasteiger partial charge in [-0.2, -0.15) is 8.42 Å². The maximum atomic E-state index is 15.0. The zero-order valence-electron chi connectivity index (χ0n) is 37.2. The van der Waals surface area contributed by atoms with Crippen LogP contribution in [0.4, 0.5) is 21.4 Å². The van der Waals surface area contributed by atoms with Gasteiger partial charge >= 0.3 is 61.6 Å². The van der Waals surface area contributed by atoms with Crippen LogP contribution in [0, 0.1) is 23.5 Å². The van der Waals surface area contributed by atoms with E-state index in [-0.39, 0.29) is 150 Å². The molecule has 349 valence electrons. The molecule has 2 aliphatic carbocycles. The van der Waals surface area contributed by atoms with Crippen molar-refractivity contribution in [1.29, 1.82) is 0 Å². The number of hydrogen-bond acceptors (Lipinski definition) is 8. The number of halogens is 7. The van der Waals surface area contributed by atoms with Gasteiger partial charge in [-0.3, -0.25) is 9.59 Å². The fourth-order valence-electron chi connectivity index (χ4n) is 6.31. The number of benzene rings is 6. The van der Waals surface area contributed by atoms with Crippen LogP contribution in [0.1, 0.15) is 47.9 Å². The zero-order chi connectivity index (χ0) is 48.3. The summed E-state index contributed by atoms with van der Waals surface area (Å²) < 4.78 is 101. The van der Waals surface area contributed by atoms with Gasteiger partial charge < -0.3 is 19.6 Å². The number of para-hydroxylation sites is 2. The van der Waals surface area contributed by atoms with Gasteiger partial charge in [-0.05, 0) is 144 Å². The minimum absolute atomic E-state index is 0. The first-order chi connectivity index (χ1) is 32.2. The van der Waals surface area contributed by atoms with Crippen LogP contribution < -0.4 is 66.1 Å². The Morgan fingerprint density at radius 2 is 1.06 bits per heavy atom. The van der Waals surface area contributed by atoms with Crippen molar-refractivity contribution in [3.63, 3.8) is 0 Å². The second-order valence-corrected chi connectivity index (χ2v) is 16.9. The van der Waals surface area contributed by atoms with Crippen molar-refractivity contribution in [2.24, 2.45) is 11.8 Å². The monoisotopic (exact) mass is 1060 g/mol. The molecular formula is C51H40Cl2F5K2O8S. The number of carbonyl (C=O) groups is 2. The fraction of sp³-hybridized carbons (Fsp3) is 0.137. The third kappa shape index (κ3) is 21.1. The molecule has 0 N–H and O–H groups in total. The second kappa shape index (κ2) is 30.5. The summed E-state index contributed by atoms with van der Waals surface area (Å²) in [5.74, 6) is -1.54. The third-order valence-electron chi connectivity index (χ3n) is 9.59.